The van der Waals surface area contributed by atoms with E-state index in [4.69, 9.17) is 6.42 Å². The number of terminal acetylenes is 1. The molecule has 0 spiro atoms. The van der Waals surface area contributed by atoms with E-state index < -0.39 is 8.07 Å². The summed E-state index contributed by atoms with van der Waals surface area (Å²) < 4.78 is 0. The van der Waals surface area contributed by atoms with Crippen LogP contribution in [-0.2, 0) is 0 Å². The molecule has 68 valence electrons. The van der Waals surface area contributed by atoms with Crippen LogP contribution in [0.5, 0.6) is 0 Å². The van der Waals surface area contributed by atoms with Crippen molar-refractivity contribution in [1.29, 1.82) is 0 Å². The maximum absolute atomic E-state index is 5.47. The lowest BCUT2D eigenvalue weighted by molar-refractivity contribution is 1.47. The minimum absolute atomic E-state index is 1.07. The molecule has 0 saturated heterocycles. The summed E-state index contributed by atoms with van der Waals surface area (Å²) in [6.45, 7) is 9.08. The zero-order valence-corrected chi connectivity index (χ0v) is 9.81. The third-order valence-electron chi connectivity index (χ3n) is 2.14. The number of rotatable bonds is 1. The molecular formula is C12H16Si. The van der Waals surface area contributed by atoms with Gasteiger partial charge in [-0.25, -0.2) is 0 Å². The summed E-state index contributed by atoms with van der Waals surface area (Å²) in [6, 6.07) is 6.38. The van der Waals surface area contributed by atoms with Crippen molar-refractivity contribution in [1.82, 2.24) is 0 Å². The van der Waals surface area contributed by atoms with Gasteiger partial charge in [-0.15, -0.1) is 6.42 Å². The quantitative estimate of drug-likeness (QED) is 0.469. The van der Waals surface area contributed by atoms with Crippen molar-refractivity contribution in [3.8, 4) is 12.3 Å². The highest BCUT2D eigenvalue weighted by atomic mass is 28.3. The molecule has 0 aliphatic heterocycles. The Morgan fingerprint density at radius 1 is 1.23 bits per heavy atom. The van der Waals surface area contributed by atoms with E-state index in [1.807, 2.05) is 0 Å². The molecule has 1 aromatic carbocycles. The summed E-state index contributed by atoms with van der Waals surface area (Å²) in [4.78, 5) is 0. The molecule has 1 aromatic rings. The van der Waals surface area contributed by atoms with Crippen molar-refractivity contribution < 1.29 is 0 Å². The molecule has 0 aliphatic rings. The Morgan fingerprint density at radius 2 is 1.85 bits per heavy atom. The molecule has 0 saturated carbocycles. The molecule has 0 N–H and O–H groups in total. The first-order valence-electron chi connectivity index (χ1n) is 4.53. The van der Waals surface area contributed by atoms with Crippen LogP contribution in [0, 0.1) is 19.3 Å². The van der Waals surface area contributed by atoms with Crippen LogP contribution in [0.1, 0.15) is 11.1 Å². The van der Waals surface area contributed by atoms with Crippen LogP contribution in [0.4, 0.5) is 0 Å². The fraction of sp³-hybridized carbons (Fsp3) is 0.333. The van der Waals surface area contributed by atoms with Crippen molar-refractivity contribution in [2.24, 2.45) is 0 Å². The Kier molecular flexibility index (Phi) is 2.63. The Bertz CT molecular complexity index is 350. The maximum Gasteiger partial charge on any atom is 0.0792 e. The predicted octanol–water partition coefficient (Wildman–Crippen LogP) is 2.52. The van der Waals surface area contributed by atoms with Crippen LogP contribution < -0.4 is 5.19 Å². The molecule has 0 radical (unpaired) electrons. The lowest BCUT2D eigenvalue weighted by atomic mass is 10.2. The van der Waals surface area contributed by atoms with Gasteiger partial charge in [0.25, 0.3) is 0 Å². The van der Waals surface area contributed by atoms with Gasteiger partial charge in [0.2, 0.25) is 0 Å². The van der Waals surface area contributed by atoms with E-state index in [-0.39, 0.29) is 0 Å². The summed E-state index contributed by atoms with van der Waals surface area (Å²) in [6.07, 6.45) is 5.47. The summed E-state index contributed by atoms with van der Waals surface area (Å²) in [5.41, 5.74) is 2.38. The van der Waals surface area contributed by atoms with Crippen molar-refractivity contribution in [2.45, 2.75) is 26.6 Å². The van der Waals surface area contributed by atoms with Crippen LogP contribution in [-0.4, -0.2) is 8.07 Å². The van der Waals surface area contributed by atoms with Gasteiger partial charge in [-0.3, -0.25) is 0 Å². The zero-order chi connectivity index (χ0) is 10.1. The van der Waals surface area contributed by atoms with Gasteiger partial charge in [0.05, 0.1) is 8.07 Å². The van der Waals surface area contributed by atoms with Crippen LogP contribution in [0.3, 0.4) is 0 Å². The molecule has 0 atom stereocenters. The van der Waals surface area contributed by atoms with Crippen LogP contribution in [0.25, 0.3) is 0 Å². The zero-order valence-electron chi connectivity index (χ0n) is 8.81. The molecule has 13 heavy (non-hydrogen) atoms. The van der Waals surface area contributed by atoms with E-state index in [9.17, 15) is 0 Å². The highest BCUT2D eigenvalue weighted by molar-refractivity contribution is 6.89. The van der Waals surface area contributed by atoms with Gasteiger partial charge in [0, 0.05) is 5.56 Å². The van der Waals surface area contributed by atoms with E-state index >= 15 is 0 Å². The van der Waals surface area contributed by atoms with Crippen molar-refractivity contribution in [2.75, 3.05) is 0 Å². The van der Waals surface area contributed by atoms with E-state index in [1.165, 1.54) is 10.8 Å². The molecule has 0 unspecified atom stereocenters. The second-order valence-corrected chi connectivity index (χ2v) is 9.48. The minimum atomic E-state index is -1.27. The lowest BCUT2D eigenvalue weighted by Gasteiger charge is -2.19. The van der Waals surface area contributed by atoms with E-state index in [0.29, 0.717) is 0 Å². The van der Waals surface area contributed by atoms with Gasteiger partial charge < -0.3 is 0 Å². The molecule has 0 amide bonds. The second kappa shape index (κ2) is 3.39. The van der Waals surface area contributed by atoms with Gasteiger partial charge in [-0.2, -0.15) is 0 Å². The molecule has 0 bridgehead atoms. The maximum atomic E-state index is 5.47. The third-order valence-corrected chi connectivity index (χ3v) is 4.17. The average Bonchev–Trinajstić information content (AvgIpc) is 2.03. The van der Waals surface area contributed by atoms with Crippen LogP contribution in [0.2, 0.25) is 19.6 Å². The van der Waals surface area contributed by atoms with Crippen molar-refractivity contribution in [3.63, 3.8) is 0 Å². The molecule has 0 heterocycles. The topological polar surface area (TPSA) is 0 Å². The van der Waals surface area contributed by atoms with Gasteiger partial charge >= 0.3 is 0 Å². The molecule has 0 aromatic heterocycles. The lowest BCUT2D eigenvalue weighted by Crippen LogP contribution is -2.39. The van der Waals surface area contributed by atoms with Gasteiger partial charge in [0.15, 0.2) is 0 Å². The predicted molar refractivity (Wildman–Crippen MR) is 62.1 cm³/mol. The smallest absolute Gasteiger partial charge is 0.0792 e. The molecule has 0 fully saturated rings. The monoisotopic (exact) mass is 188 g/mol. The molecular weight excluding hydrogens is 172 g/mol. The number of hydrogen-bond donors (Lipinski definition) is 0. The van der Waals surface area contributed by atoms with E-state index in [0.717, 1.165) is 5.56 Å². The van der Waals surface area contributed by atoms with Crippen molar-refractivity contribution in [3.05, 3.63) is 29.3 Å². The Morgan fingerprint density at radius 3 is 2.31 bits per heavy atom. The molecule has 1 rings (SSSR count). The minimum Gasteiger partial charge on any atom is -0.115 e. The standard InChI is InChI=1S/C12H16Si/c1-6-11-8-7-10(2)9-12(11)13(3,4)5/h1,7-9H,2-5H3. The first kappa shape index (κ1) is 10.1. The summed E-state index contributed by atoms with van der Waals surface area (Å²) in [7, 11) is -1.27. The largest absolute Gasteiger partial charge is 0.115 e. The number of hydrogen-bond acceptors (Lipinski definition) is 0. The first-order chi connectivity index (χ1) is 5.95. The van der Waals surface area contributed by atoms with Gasteiger partial charge in [-0.05, 0) is 18.2 Å². The number of benzene rings is 1. The average molecular weight is 188 g/mol. The fourth-order valence-corrected chi connectivity index (χ4v) is 3.03. The second-order valence-electron chi connectivity index (χ2n) is 4.44. The van der Waals surface area contributed by atoms with Gasteiger partial charge in [0.1, 0.15) is 0 Å². The van der Waals surface area contributed by atoms with E-state index in [1.54, 1.807) is 0 Å². The van der Waals surface area contributed by atoms with E-state index in [2.05, 4.69) is 50.7 Å². The number of aryl methyl sites for hydroxylation is 1. The van der Waals surface area contributed by atoms with Crippen LogP contribution >= 0.6 is 0 Å². The SMILES string of the molecule is C#Cc1ccc(C)cc1[Si](C)(C)C. The highest BCUT2D eigenvalue weighted by Gasteiger charge is 2.19. The van der Waals surface area contributed by atoms with Gasteiger partial charge in [-0.1, -0.05) is 43.3 Å². The summed E-state index contributed by atoms with van der Waals surface area (Å²) in [5.74, 6) is 2.76. The molecule has 1 heteroatoms. The first-order valence-corrected chi connectivity index (χ1v) is 8.03. The third kappa shape index (κ3) is 2.23. The van der Waals surface area contributed by atoms with Crippen LogP contribution in [0.15, 0.2) is 18.2 Å². The van der Waals surface area contributed by atoms with Crippen molar-refractivity contribution >= 4 is 13.3 Å². The summed E-state index contributed by atoms with van der Waals surface area (Å²) in [5, 5.41) is 1.40. The normalized spacial score (nSPS) is 11.0. The molecule has 0 nitrogen and oxygen atoms in total. The fourth-order valence-electron chi connectivity index (χ4n) is 1.40. The summed E-state index contributed by atoms with van der Waals surface area (Å²) >= 11 is 0. The Balaban J connectivity index is 3.35. The Hall–Kier alpha value is -1.00. The Labute approximate surface area is 82.0 Å². The molecule has 0 aliphatic carbocycles. The highest BCUT2D eigenvalue weighted by Crippen LogP contribution is 2.08.